The lowest BCUT2D eigenvalue weighted by Gasteiger charge is -2.50. The van der Waals surface area contributed by atoms with Gasteiger partial charge >= 0.3 is 0 Å². The molecule has 5 nitrogen and oxygen atoms in total. The molecule has 1 saturated heterocycles. The van der Waals surface area contributed by atoms with Crippen LogP contribution in [0.2, 0.25) is 0 Å². The highest BCUT2D eigenvalue weighted by Gasteiger charge is 2.40. The summed E-state index contributed by atoms with van der Waals surface area (Å²) in [5, 5.41) is 3.80. The molecule has 1 aliphatic heterocycles. The topological polar surface area (TPSA) is 46.6 Å². The van der Waals surface area contributed by atoms with Crippen LogP contribution in [0.3, 0.4) is 0 Å². The summed E-state index contributed by atoms with van der Waals surface area (Å²) >= 11 is 0. The minimum Gasteiger partial charge on any atom is -0.493 e. The Morgan fingerprint density at radius 1 is 0.966 bits per heavy atom. The average molecular weight is 398 g/mol. The van der Waals surface area contributed by atoms with Gasteiger partial charge in [0.05, 0.1) is 14.2 Å². The first-order valence-electron chi connectivity index (χ1n) is 10.4. The molecule has 2 aromatic rings. The molecule has 0 atom stereocenters. The van der Waals surface area contributed by atoms with Crippen LogP contribution in [0.4, 0.5) is 0 Å². The summed E-state index contributed by atoms with van der Waals surface area (Å²) in [5.74, 6) is 1.60. The van der Waals surface area contributed by atoms with E-state index in [0.717, 1.165) is 43.0 Å². The van der Waals surface area contributed by atoms with Crippen molar-refractivity contribution in [3.63, 3.8) is 0 Å². The Hall–Kier alpha value is -2.11. The highest BCUT2D eigenvalue weighted by atomic mass is 16.5. The molecule has 1 N–H and O–H groups in total. The number of benzene rings is 1. The SMILES string of the molecule is COc1cccc(CN(Cc2ccncc2)C2CC(C)(C)NC(C)(C)C2)c1OC. The maximum Gasteiger partial charge on any atom is 0.165 e. The van der Waals surface area contributed by atoms with Crippen LogP contribution in [0, 0.1) is 0 Å². The summed E-state index contributed by atoms with van der Waals surface area (Å²) in [5.41, 5.74) is 2.59. The highest BCUT2D eigenvalue weighted by molar-refractivity contribution is 5.46. The third-order valence-electron chi connectivity index (χ3n) is 5.68. The Morgan fingerprint density at radius 2 is 1.62 bits per heavy atom. The molecule has 0 radical (unpaired) electrons. The van der Waals surface area contributed by atoms with Crippen molar-refractivity contribution in [3.8, 4) is 11.5 Å². The molecule has 0 bridgehead atoms. The molecule has 0 aliphatic carbocycles. The minimum absolute atomic E-state index is 0.0847. The Balaban J connectivity index is 1.94. The lowest BCUT2D eigenvalue weighted by molar-refractivity contribution is 0.0558. The third kappa shape index (κ3) is 5.49. The second kappa shape index (κ2) is 8.72. The Bertz CT molecular complexity index is 789. The fraction of sp³-hybridized carbons (Fsp3) is 0.542. The van der Waals surface area contributed by atoms with Crippen molar-refractivity contribution in [2.24, 2.45) is 0 Å². The van der Waals surface area contributed by atoms with Crippen molar-refractivity contribution in [1.82, 2.24) is 15.2 Å². The molecule has 0 unspecified atom stereocenters. The van der Waals surface area contributed by atoms with Gasteiger partial charge in [0.25, 0.3) is 0 Å². The summed E-state index contributed by atoms with van der Waals surface area (Å²) < 4.78 is 11.2. The van der Waals surface area contributed by atoms with Crippen LogP contribution < -0.4 is 14.8 Å². The Morgan fingerprint density at radius 3 is 2.21 bits per heavy atom. The molecule has 1 aliphatic rings. The van der Waals surface area contributed by atoms with Crippen LogP contribution in [-0.4, -0.2) is 41.2 Å². The maximum atomic E-state index is 5.71. The van der Waals surface area contributed by atoms with Crippen molar-refractivity contribution in [3.05, 3.63) is 53.9 Å². The first-order valence-corrected chi connectivity index (χ1v) is 10.4. The van der Waals surface area contributed by atoms with Crippen LogP contribution in [0.15, 0.2) is 42.7 Å². The normalized spacial score (nSPS) is 18.6. The van der Waals surface area contributed by atoms with Gasteiger partial charge in [-0.05, 0) is 64.3 Å². The molecular formula is C24H35N3O2. The van der Waals surface area contributed by atoms with Crippen LogP contribution in [0.5, 0.6) is 11.5 Å². The Labute approximate surface area is 175 Å². The minimum atomic E-state index is 0.0847. The van der Waals surface area contributed by atoms with E-state index in [-0.39, 0.29) is 11.1 Å². The van der Waals surface area contributed by atoms with Crippen LogP contribution in [-0.2, 0) is 13.1 Å². The van der Waals surface area contributed by atoms with Gasteiger partial charge in [-0.3, -0.25) is 9.88 Å². The number of para-hydroxylation sites is 1. The fourth-order valence-corrected chi connectivity index (χ4v) is 4.86. The van der Waals surface area contributed by atoms with Crippen molar-refractivity contribution in [1.29, 1.82) is 0 Å². The predicted molar refractivity (Wildman–Crippen MR) is 117 cm³/mol. The second-order valence-electron chi connectivity index (χ2n) is 9.37. The summed E-state index contributed by atoms with van der Waals surface area (Å²) in [6, 6.07) is 10.8. The van der Waals surface area contributed by atoms with Crippen molar-refractivity contribution in [2.75, 3.05) is 14.2 Å². The van der Waals surface area contributed by atoms with Gasteiger partial charge in [0, 0.05) is 48.2 Å². The molecule has 158 valence electrons. The molecule has 0 spiro atoms. The number of pyridine rings is 1. The maximum absolute atomic E-state index is 5.71. The lowest BCUT2D eigenvalue weighted by atomic mass is 9.78. The number of rotatable bonds is 7. The number of hydrogen-bond donors (Lipinski definition) is 1. The smallest absolute Gasteiger partial charge is 0.165 e. The number of hydrogen-bond acceptors (Lipinski definition) is 5. The summed E-state index contributed by atoms with van der Waals surface area (Å²) in [4.78, 5) is 6.76. The van der Waals surface area contributed by atoms with Gasteiger partial charge < -0.3 is 14.8 Å². The molecule has 1 aromatic carbocycles. The van der Waals surface area contributed by atoms with Crippen molar-refractivity contribution < 1.29 is 9.47 Å². The van der Waals surface area contributed by atoms with E-state index in [2.05, 4.69) is 61.1 Å². The number of piperidine rings is 1. The standard InChI is InChI=1S/C24H35N3O2/c1-23(2)14-20(15-24(3,4)26-23)27(16-18-10-12-25-13-11-18)17-19-8-7-9-21(28-5)22(19)29-6/h7-13,20,26H,14-17H2,1-6H3. The van der Waals surface area contributed by atoms with E-state index in [1.54, 1.807) is 14.2 Å². The van der Waals surface area contributed by atoms with Gasteiger partial charge in [-0.1, -0.05) is 12.1 Å². The van der Waals surface area contributed by atoms with E-state index in [1.807, 2.05) is 24.5 Å². The van der Waals surface area contributed by atoms with Gasteiger partial charge in [-0.2, -0.15) is 0 Å². The molecule has 0 amide bonds. The molecule has 29 heavy (non-hydrogen) atoms. The number of ether oxygens (including phenoxy) is 2. The number of nitrogens with zero attached hydrogens (tertiary/aromatic N) is 2. The zero-order chi connectivity index (χ0) is 21.1. The predicted octanol–water partition coefficient (Wildman–Crippen LogP) is 4.41. The van der Waals surface area contributed by atoms with E-state index >= 15 is 0 Å². The molecule has 2 heterocycles. The van der Waals surface area contributed by atoms with Crippen LogP contribution in [0.1, 0.15) is 51.7 Å². The molecule has 3 rings (SSSR count). The lowest BCUT2D eigenvalue weighted by Crippen LogP contribution is -2.62. The highest BCUT2D eigenvalue weighted by Crippen LogP contribution is 2.36. The van der Waals surface area contributed by atoms with E-state index in [0.29, 0.717) is 6.04 Å². The van der Waals surface area contributed by atoms with Crippen molar-refractivity contribution >= 4 is 0 Å². The van der Waals surface area contributed by atoms with E-state index in [4.69, 9.17) is 9.47 Å². The van der Waals surface area contributed by atoms with E-state index in [9.17, 15) is 0 Å². The first-order chi connectivity index (χ1) is 13.7. The molecule has 1 aromatic heterocycles. The van der Waals surface area contributed by atoms with Gasteiger partial charge in [0.1, 0.15) is 0 Å². The number of nitrogens with one attached hydrogen (secondary N) is 1. The van der Waals surface area contributed by atoms with Crippen LogP contribution in [0.25, 0.3) is 0 Å². The van der Waals surface area contributed by atoms with Crippen LogP contribution >= 0.6 is 0 Å². The average Bonchev–Trinajstić information content (AvgIpc) is 2.65. The van der Waals surface area contributed by atoms with Gasteiger partial charge in [-0.15, -0.1) is 0 Å². The molecule has 5 heteroatoms. The largest absolute Gasteiger partial charge is 0.493 e. The van der Waals surface area contributed by atoms with E-state index < -0.39 is 0 Å². The van der Waals surface area contributed by atoms with Gasteiger partial charge in [0.15, 0.2) is 11.5 Å². The number of aromatic nitrogens is 1. The zero-order valence-corrected chi connectivity index (χ0v) is 18.7. The third-order valence-corrected chi connectivity index (χ3v) is 5.68. The molecule has 1 fully saturated rings. The summed E-state index contributed by atoms with van der Waals surface area (Å²) in [6.45, 7) is 10.9. The molecular weight excluding hydrogens is 362 g/mol. The zero-order valence-electron chi connectivity index (χ0n) is 18.7. The summed E-state index contributed by atoms with van der Waals surface area (Å²) in [7, 11) is 3.40. The fourth-order valence-electron chi connectivity index (χ4n) is 4.86. The van der Waals surface area contributed by atoms with Gasteiger partial charge in [-0.25, -0.2) is 0 Å². The van der Waals surface area contributed by atoms with E-state index in [1.165, 1.54) is 5.56 Å². The number of methoxy groups -OCH3 is 2. The monoisotopic (exact) mass is 397 g/mol. The Kier molecular flexibility index (Phi) is 6.49. The quantitative estimate of drug-likeness (QED) is 0.750. The second-order valence-corrected chi connectivity index (χ2v) is 9.37. The molecule has 0 saturated carbocycles. The first kappa shape index (κ1) is 21.6. The summed E-state index contributed by atoms with van der Waals surface area (Å²) in [6.07, 6.45) is 5.92. The van der Waals surface area contributed by atoms with Gasteiger partial charge in [0.2, 0.25) is 0 Å². The van der Waals surface area contributed by atoms with Crippen molar-refractivity contribution in [2.45, 2.75) is 70.7 Å².